The number of rotatable bonds is 7. The van der Waals surface area contributed by atoms with Gasteiger partial charge in [-0.05, 0) is 43.3 Å². The number of carbonyl (C=O) groups excluding carboxylic acids is 2. The smallest absolute Gasteiger partial charge is 0.258 e. The fourth-order valence-corrected chi connectivity index (χ4v) is 4.02. The number of amides is 1. The number of aromatic nitrogens is 5. The predicted octanol–water partition coefficient (Wildman–Crippen LogP) is 5.44. The molecule has 0 saturated carbocycles. The van der Waals surface area contributed by atoms with Gasteiger partial charge in [0.05, 0.1) is 22.5 Å². The molecule has 5 rings (SSSR count). The third-order valence-corrected chi connectivity index (χ3v) is 6.10. The highest BCUT2D eigenvalue weighted by molar-refractivity contribution is 6.34. The molecule has 2 N–H and O–H groups in total. The van der Waals surface area contributed by atoms with Gasteiger partial charge in [0.1, 0.15) is 23.0 Å². The molecule has 3 heterocycles. The monoisotopic (exact) mass is 514 g/mol. The Bertz CT molecular complexity index is 1610. The first kappa shape index (κ1) is 24.1. The van der Waals surface area contributed by atoms with Crippen molar-refractivity contribution in [3.63, 3.8) is 0 Å². The van der Waals surface area contributed by atoms with Crippen LogP contribution in [0.25, 0.3) is 16.9 Å². The summed E-state index contributed by atoms with van der Waals surface area (Å²) in [6.07, 6.45) is 3.17. The summed E-state index contributed by atoms with van der Waals surface area (Å²) in [5, 5.41) is 14.2. The molecule has 8 nitrogen and oxygen atoms in total. The van der Waals surface area contributed by atoms with Crippen LogP contribution in [0.15, 0.2) is 79.1 Å². The second-order valence-electron chi connectivity index (χ2n) is 8.26. The minimum Gasteiger partial charge on any atom is -0.306 e. The summed E-state index contributed by atoms with van der Waals surface area (Å²) in [4.78, 5) is 30.4. The van der Waals surface area contributed by atoms with Crippen LogP contribution < -0.4 is 5.32 Å². The first-order valence-electron chi connectivity index (χ1n) is 11.3. The molecule has 10 heteroatoms. The summed E-state index contributed by atoms with van der Waals surface area (Å²) >= 11 is 6.33. The summed E-state index contributed by atoms with van der Waals surface area (Å²) < 4.78 is 15.8. The van der Waals surface area contributed by atoms with Gasteiger partial charge in [-0.25, -0.2) is 9.07 Å². The van der Waals surface area contributed by atoms with E-state index in [0.29, 0.717) is 11.3 Å². The van der Waals surface area contributed by atoms with Gasteiger partial charge in [0.25, 0.3) is 5.91 Å². The van der Waals surface area contributed by atoms with Gasteiger partial charge >= 0.3 is 0 Å². The van der Waals surface area contributed by atoms with E-state index in [4.69, 9.17) is 11.6 Å². The molecule has 2 aromatic carbocycles. The van der Waals surface area contributed by atoms with Gasteiger partial charge in [-0.2, -0.15) is 10.2 Å². The molecule has 0 aliphatic rings. The number of hydrogen-bond acceptors (Lipinski definition) is 5. The van der Waals surface area contributed by atoms with E-state index >= 15 is 0 Å². The predicted molar refractivity (Wildman–Crippen MR) is 138 cm³/mol. The highest BCUT2D eigenvalue weighted by Gasteiger charge is 2.21. The second kappa shape index (κ2) is 10.2. The van der Waals surface area contributed by atoms with Crippen molar-refractivity contribution in [3.8, 4) is 16.9 Å². The normalized spacial score (nSPS) is 10.9. The number of H-pyrrole nitrogens is 1. The van der Waals surface area contributed by atoms with Crippen molar-refractivity contribution < 1.29 is 14.0 Å². The number of hydrogen-bond donors (Lipinski definition) is 2. The van der Waals surface area contributed by atoms with Gasteiger partial charge in [-0.15, -0.1) is 0 Å². The first-order chi connectivity index (χ1) is 17.9. The molecule has 0 radical (unpaired) electrons. The molecule has 184 valence electrons. The lowest BCUT2D eigenvalue weighted by atomic mass is 10.1. The highest BCUT2D eigenvalue weighted by atomic mass is 35.5. The van der Waals surface area contributed by atoms with E-state index in [1.807, 2.05) is 25.1 Å². The molecule has 1 amide bonds. The lowest BCUT2D eigenvalue weighted by Gasteiger charge is -2.11. The number of anilines is 1. The minimum absolute atomic E-state index is 0.102. The molecule has 0 fully saturated rings. The Balaban J connectivity index is 1.49. The Hall–Kier alpha value is -4.63. The van der Waals surface area contributed by atoms with Gasteiger partial charge in [0, 0.05) is 35.5 Å². The SMILES string of the molecule is Cc1[nH]ncc1CC(=O)c1cc(NC(=O)c2cc(-c3ncccc3F)ccc2Cl)n(-c2ccccc2)n1. The van der Waals surface area contributed by atoms with Gasteiger partial charge in [-0.1, -0.05) is 35.9 Å². The number of para-hydroxylation sites is 1. The van der Waals surface area contributed by atoms with Crippen LogP contribution in [0.1, 0.15) is 32.1 Å². The second-order valence-corrected chi connectivity index (χ2v) is 8.67. The maximum Gasteiger partial charge on any atom is 0.258 e. The number of halogens is 2. The molecule has 37 heavy (non-hydrogen) atoms. The van der Waals surface area contributed by atoms with Crippen molar-refractivity contribution in [1.82, 2.24) is 25.0 Å². The van der Waals surface area contributed by atoms with E-state index in [0.717, 1.165) is 11.3 Å². The van der Waals surface area contributed by atoms with Crippen molar-refractivity contribution in [1.29, 1.82) is 0 Å². The standard InChI is InChI=1S/C27H20ClFN6O2/c1-16-18(15-31-33-16)13-24(36)23-14-25(35(34-23)19-6-3-2-4-7-19)32-27(37)20-12-17(9-10-21(20)28)26-22(29)8-5-11-30-26/h2-12,14-15H,13H2,1H3,(H,31,33)(H,32,37). The van der Waals surface area contributed by atoms with Crippen molar-refractivity contribution >= 4 is 29.1 Å². The van der Waals surface area contributed by atoms with E-state index in [-0.39, 0.29) is 40.0 Å². The molecule has 0 atom stereocenters. The summed E-state index contributed by atoms with van der Waals surface area (Å²) in [7, 11) is 0. The summed E-state index contributed by atoms with van der Waals surface area (Å²) in [5.74, 6) is -1.03. The Morgan fingerprint density at radius 3 is 2.62 bits per heavy atom. The summed E-state index contributed by atoms with van der Waals surface area (Å²) in [6.45, 7) is 1.83. The van der Waals surface area contributed by atoms with E-state index in [9.17, 15) is 14.0 Å². The molecule has 3 aromatic heterocycles. The molecule has 0 spiro atoms. The number of ketones is 1. The average Bonchev–Trinajstić information content (AvgIpc) is 3.51. The molecular weight excluding hydrogens is 495 g/mol. The van der Waals surface area contributed by atoms with Crippen molar-refractivity contribution in [3.05, 3.63) is 112 Å². The molecule has 5 aromatic rings. The fourth-order valence-electron chi connectivity index (χ4n) is 3.82. The van der Waals surface area contributed by atoms with Crippen LogP contribution in [-0.4, -0.2) is 36.7 Å². The van der Waals surface area contributed by atoms with Gasteiger partial charge < -0.3 is 5.32 Å². The molecule has 0 unspecified atom stereocenters. The quantitative estimate of drug-likeness (QED) is 0.281. The minimum atomic E-state index is -0.551. The Labute approximate surface area is 216 Å². The van der Waals surface area contributed by atoms with Crippen LogP contribution in [-0.2, 0) is 6.42 Å². The number of nitrogens with one attached hydrogen (secondary N) is 2. The third-order valence-electron chi connectivity index (χ3n) is 5.77. The maximum absolute atomic E-state index is 14.3. The van der Waals surface area contributed by atoms with E-state index < -0.39 is 11.7 Å². The van der Waals surface area contributed by atoms with Crippen LogP contribution in [0.5, 0.6) is 0 Å². The highest BCUT2D eigenvalue weighted by Crippen LogP contribution is 2.27. The number of aromatic amines is 1. The average molecular weight is 515 g/mol. The number of pyridine rings is 1. The van der Waals surface area contributed by atoms with Gasteiger partial charge in [0.2, 0.25) is 0 Å². The van der Waals surface area contributed by atoms with Crippen LogP contribution in [0, 0.1) is 12.7 Å². The molecule has 0 aliphatic carbocycles. The molecular formula is C27H20ClFN6O2. The number of Topliss-reactive ketones (excluding diaryl/α,β-unsaturated/α-hetero) is 1. The third kappa shape index (κ3) is 5.03. The van der Waals surface area contributed by atoms with Gasteiger partial charge in [-0.3, -0.25) is 19.7 Å². The largest absolute Gasteiger partial charge is 0.306 e. The van der Waals surface area contributed by atoms with Gasteiger partial charge in [0.15, 0.2) is 5.78 Å². The van der Waals surface area contributed by atoms with Crippen molar-refractivity contribution in [2.75, 3.05) is 5.32 Å². The number of benzene rings is 2. The van der Waals surface area contributed by atoms with Crippen LogP contribution in [0.2, 0.25) is 5.02 Å². The van der Waals surface area contributed by atoms with Crippen LogP contribution in [0.3, 0.4) is 0 Å². The lowest BCUT2D eigenvalue weighted by molar-refractivity contribution is 0.0985. The zero-order valence-corrected chi connectivity index (χ0v) is 20.3. The number of nitrogens with zero attached hydrogens (tertiary/aromatic N) is 4. The Morgan fingerprint density at radius 2 is 1.89 bits per heavy atom. The van der Waals surface area contributed by atoms with Crippen molar-refractivity contribution in [2.24, 2.45) is 0 Å². The molecule has 0 aliphatic heterocycles. The van der Waals surface area contributed by atoms with Crippen molar-refractivity contribution in [2.45, 2.75) is 13.3 Å². The summed E-state index contributed by atoms with van der Waals surface area (Å²) in [6, 6.07) is 18.0. The Morgan fingerprint density at radius 1 is 1.08 bits per heavy atom. The van der Waals surface area contributed by atoms with E-state index in [1.54, 1.807) is 24.4 Å². The summed E-state index contributed by atoms with van der Waals surface area (Å²) in [5.41, 5.74) is 2.99. The van der Waals surface area contributed by atoms with E-state index in [2.05, 4.69) is 25.6 Å². The Kier molecular flexibility index (Phi) is 6.61. The lowest BCUT2D eigenvalue weighted by Crippen LogP contribution is -2.15. The molecule has 0 bridgehead atoms. The zero-order valence-electron chi connectivity index (χ0n) is 19.6. The van der Waals surface area contributed by atoms with E-state index in [1.165, 1.54) is 41.2 Å². The van der Waals surface area contributed by atoms with Crippen LogP contribution >= 0.6 is 11.6 Å². The van der Waals surface area contributed by atoms with Crippen LogP contribution in [0.4, 0.5) is 10.2 Å². The zero-order chi connectivity index (χ0) is 25.9. The maximum atomic E-state index is 14.3. The topological polar surface area (TPSA) is 106 Å². The first-order valence-corrected chi connectivity index (χ1v) is 11.7. The number of aryl methyl sites for hydroxylation is 1. The molecule has 0 saturated heterocycles. The number of carbonyl (C=O) groups is 2. The fraction of sp³-hybridized carbons (Fsp3) is 0.0741.